The zero-order valence-corrected chi connectivity index (χ0v) is 21.5. The number of hydrogen-bond acceptors (Lipinski definition) is 3. The number of hydrogen-bond donors (Lipinski definition) is 0. The Bertz CT molecular complexity index is 1160. The third-order valence-corrected chi connectivity index (χ3v) is 7.38. The molecule has 5 rings (SSSR count). The Kier molecular flexibility index (Phi) is 8.09. The highest BCUT2D eigenvalue weighted by Crippen LogP contribution is 2.32. The lowest BCUT2D eigenvalue weighted by atomic mass is 9.93. The fourth-order valence-corrected chi connectivity index (χ4v) is 5.47. The second-order valence-corrected chi connectivity index (χ2v) is 9.81. The van der Waals surface area contributed by atoms with E-state index in [1.807, 2.05) is 65.6 Å². The van der Waals surface area contributed by atoms with Gasteiger partial charge < -0.3 is 0 Å². The van der Waals surface area contributed by atoms with Gasteiger partial charge in [-0.05, 0) is 55.3 Å². The van der Waals surface area contributed by atoms with Gasteiger partial charge in [-0.3, -0.25) is 19.5 Å². The van der Waals surface area contributed by atoms with Crippen molar-refractivity contribution in [2.75, 3.05) is 31.6 Å². The van der Waals surface area contributed by atoms with Crippen LogP contribution >= 0.6 is 0 Å². The largest absolute Gasteiger partial charge is 0.294 e. The summed E-state index contributed by atoms with van der Waals surface area (Å²) in [6.07, 6.45) is 2.08. The Hall–Kier alpha value is -3.73. The number of carbonyl (C=O) groups excluding carboxylic acids is 1. The van der Waals surface area contributed by atoms with Gasteiger partial charge in [-0.25, -0.2) is 0 Å². The van der Waals surface area contributed by atoms with Crippen LogP contribution in [0.4, 0.5) is 11.4 Å². The summed E-state index contributed by atoms with van der Waals surface area (Å²) < 4.78 is 0. The molecule has 0 spiro atoms. The Morgan fingerprint density at radius 1 is 0.703 bits per heavy atom. The molecule has 0 N–H and O–H groups in total. The highest BCUT2D eigenvalue weighted by atomic mass is 16.2. The maximum absolute atomic E-state index is 13.6. The molecule has 0 radical (unpaired) electrons. The second kappa shape index (κ2) is 12.0. The van der Waals surface area contributed by atoms with Gasteiger partial charge in [0.15, 0.2) is 0 Å². The summed E-state index contributed by atoms with van der Waals surface area (Å²) in [4.78, 5) is 20.3. The average Bonchev–Trinajstić information content (AvgIpc) is 2.96. The van der Waals surface area contributed by atoms with Gasteiger partial charge in [0, 0.05) is 30.5 Å². The fraction of sp³-hybridized carbons (Fsp3) is 0.242. The van der Waals surface area contributed by atoms with E-state index >= 15 is 0 Å². The van der Waals surface area contributed by atoms with Crippen LogP contribution in [0.1, 0.15) is 30.0 Å². The number of piperidine rings is 1. The highest BCUT2D eigenvalue weighted by Gasteiger charge is 2.30. The Morgan fingerprint density at radius 2 is 1.11 bits per heavy atom. The molecule has 188 valence electrons. The molecule has 1 saturated heterocycles. The van der Waals surface area contributed by atoms with Crippen LogP contribution in [0.25, 0.3) is 0 Å². The van der Waals surface area contributed by atoms with Crippen molar-refractivity contribution in [1.82, 2.24) is 9.80 Å². The van der Waals surface area contributed by atoms with Crippen molar-refractivity contribution >= 4 is 17.3 Å². The SMILES string of the molecule is CN(CC(=O)N(c1ccccc1)c1ccccc1)C1CCN(C(c2ccccc2)c2ccccc2)CC1. The maximum atomic E-state index is 13.6. The molecule has 0 aliphatic carbocycles. The average molecular weight is 490 g/mol. The summed E-state index contributed by atoms with van der Waals surface area (Å²) in [6.45, 7) is 2.38. The maximum Gasteiger partial charge on any atom is 0.245 e. The molecule has 1 amide bonds. The summed E-state index contributed by atoms with van der Waals surface area (Å²) in [5, 5.41) is 0. The number of anilines is 2. The van der Waals surface area contributed by atoms with Crippen LogP contribution in [0, 0.1) is 0 Å². The molecule has 1 aliphatic heterocycles. The summed E-state index contributed by atoms with van der Waals surface area (Å²) in [7, 11) is 2.10. The van der Waals surface area contributed by atoms with E-state index in [0.29, 0.717) is 12.6 Å². The van der Waals surface area contributed by atoms with E-state index in [-0.39, 0.29) is 11.9 Å². The minimum Gasteiger partial charge on any atom is -0.294 e. The van der Waals surface area contributed by atoms with Crippen molar-refractivity contribution in [3.05, 3.63) is 132 Å². The van der Waals surface area contributed by atoms with Crippen molar-refractivity contribution in [1.29, 1.82) is 0 Å². The molecule has 1 aliphatic rings. The van der Waals surface area contributed by atoms with E-state index in [2.05, 4.69) is 77.5 Å². The Morgan fingerprint density at radius 3 is 1.54 bits per heavy atom. The van der Waals surface area contributed by atoms with Crippen molar-refractivity contribution in [3.63, 3.8) is 0 Å². The van der Waals surface area contributed by atoms with E-state index in [9.17, 15) is 4.79 Å². The summed E-state index contributed by atoms with van der Waals surface area (Å²) in [5.74, 6) is 0.0915. The third kappa shape index (κ3) is 5.99. The fourth-order valence-electron chi connectivity index (χ4n) is 5.47. The van der Waals surface area contributed by atoms with Crippen LogP contribution in [0.2, 0.25) is 0 Å². The zero-order valence-electron chi connectivity index (χ0n) is 21.5. The zero-order chi connectivity index (χ0) is 25.5. The first-order valence-electron chi connectivity index (χ1n) is 13.2. The van der Waals surface area contributed by atoms with Crippen LogP contribution in [0.15, 0.2) is 121 Å². The number of likely N-dealkylation sites (tertiary alicyclic amines) is 1. The Balaban J connectivity index is 1.27. The monoisotopic (exact) mass is 489 g/mol. The summed E-state index contributed by atoms with van der Waals surface area (Å²) >= 11 is 0. The lowest BCUT2D eigenvalue weighted by Crippen LogP contribution is -2.47. The smallest absolute Gasteiger partial charge is 0.245 e. The van der Waals surface area contributed by atoms with Gasteiger partial charge in [0.1, 0.15) is 0 Å². The van der Waals surface area contributed by atoms with Crippen LogP contribution in [0.3, 0.4) is 0 Å². The third-order valence-electron chi connectivity index (χ3n) is 7.38. The molecule has 1 heterocycles. The van der Waals surface area contributed by atoms with Gasteiger partial charge >= 0.3 is 0 Å². The van der Waals surface area contributed by atoms with E-state index in [4.69, 9.17) is 0 Å². The first-order chi connectivity index (χ1) is 18.2. The normalized spacial score (nSPS) is 14.7. The van der Waals surface area contributed by atoms with Crippen molar-refractivity contribution < 1.29 is 4.79 Å². The van der Waals surface area contributed by atoms with E-state index in [1.165, 1.54) is 11.1 Å². The molecule has 0 unspecified atom stereocenters. The van der Waals surface area contributed by atoms with Gasteiger partial charge in [0.25, 0.3) is 0 Å². The van der Waals surface area contributed by atoms with E-state index in [1.54, 1.807) is 0 Å². The highest BCUT2D eigenvalue weighted by molar-refractivity contribution is 6.01. The number of amides is 1. The van der Waals surface area contributed by atoms with E-state index < -0.39 is 0 Å². The molecule has 4 aromatic carbocycles. The van der Waals surface area contributed by atoms with Gasteiger partial charge in [-0.2, -0.15) is 0 Å². The van der Waals surface area contributed by atoms with Crippen molar-refractivity contribution in [2.45, 2.75) is 24.9 Å². The predicted octanol–water partition coefficient (Wildman–Crippen LogP) is 6.54. The number of rotatable bonds is 8. The molecule has 4 nitrogen and oxygen atoms in total. The molecule has 0 aromatic heterocycles. The van der Waals surface area contributed by atoms with E-state index in [0.717, 1.165) is 37.3 Å². The lowest BCUT2D eigenvalue weighted by molar-refractivity contribution is -0.119. The molecule has 0 bridgehead atoms. The first-order valence-corrected chi connectivity index (χ1v) is 13.2. The molecular formula is C33H35N3O. The summed E-state index contributed by atoms with van der Waals surface area (Å²) in [5.41, 5.74) is 4.46. The number of likely N-dealkylation sites (N-methyl/N-ethyl adjacent to an activating group) is 1. The molecular weight excluding hydrogens is 454 g/mol. The summed E-state index contributed by atoms with van der Waals surface area (Å²) in [6, 6.07) is 42.1. The van der Waals surface area contributed by atoms with Gasteiger partial charge in [-0.15, -0.1) is 0 Å². The lowest BCUT2D eigenvalue weighted by Gasteiger charge is -2.41. The number of para-hydroxylation sites is 2. The van der Waals surface area contributed by atoms with Gasteiger partial charge in [-0.1, -0.05) is 97.1 Å². The molecule has 0 atom stereocenters. The molecule has 1 fully saturated rings. The van der Waals surface area contributed by atoms with Gasteiger partial charge in [0.2, 0.25) is 5.91 Å². The second-order valence-electron chi connectivity index (χ2n) is 9.81. The standard InChI is InChI=1S/C33H35N3O/c1-34(26-32(37)36(30-18-10-4-11-19-30)31-20-12-5-13-21-31)29-22-24-35(25-23-29)33(27-14-6-2-7-15-27)28-16-8-3-9-17-28/h2-21,29,33H,22-26H2,1H3. The van der Waals surface area contributed by atoms with Crippen LogP contribution in [-0.2, 0) is 4.79 Å². The first kappa shape index (κ1) is 24.9. The quantitative estimate of drug-likeness (QED) is 0.281. The number of nitrogens with zero attached hydrogens (tertiary/aromatic N) is 3. The van der Waals surface area contributed by atoms with Crippen molar-refractivity contribution in [3.8, 4) is 0 Å². The van der Waals surface area contributed by atoms with Crippen LogP contribution < -0.4 is 4.90 Å². The van der Waals surface area contributed by atoms with Gasteiger partial charge in [0.05, 0.1) is 12.6 Å². The molecule has 0 saturated carbocycles. The predicted molar refractivity (Wildman–Crippen MR) is 152 cm³/mol. The minimum atomic E-state index is 0.0915. The number of carbonyl (C=O) groups is 1. The molecule has 4 heteroatoms. The molecule has 4 aromatic rings. The van der Waals surface area contributed by atoms with Crippen molar-refractivity contribution in [2.24, 2.45) is 0 Å². The minimum absolute atomic E-state index is 0.0915. The van der Waals surface area contributed by atoms with Crippen LogP contribution in [0.5, 0.6) is 0 Å². The molecule has 37 heavy (non-hydrogen) atoms. The topological polar surface area (TPSA) is 26.8 Å². The Labute approximate surface area is 220 Å². The number of benzene rings is 4. The van der Waals surface area contributed by atoms with Crippen LogP contribution in [-0.4, -0.2) is 48.4 Å².